The van der Waals surface area contributed by atoms with Gasteiger partial charge in [-0.3, -0.25) is 16.0 Å². The van der Waals surface area contributed by atoms with E-state index in [2.05, 4.69) is 5.43 Å². The molecule has 0 aliphatic carbocycles. The summed E-state index contributed by atoms with van der Waals surface area (Å²) in [5, 5.41) is 10.9. The van der Waals surface area contributed by atoms with Crippen LogP contribution in [0.5, 0.6) is 11.5 Å². The molecule has 3 N–H and O–H groups in total. The molecule has 104 valence electrons. The van der Waals surface area contributed by atoms with Gasteiger partial charge in [-0.15, -0.1) is 0 Å². The average molecular weight is 273 g/mol. The Hall–Kier alpha value is -2.60. The maximum atomic E-state index is 10.9. The quantitative estimate of drug-likeness (QED) is 0.506. The Balaban J connectivity index is 2.34. The Morgan fingerprint density at radius 3 is 2.45 bits per heavy atom. The molecule has 0 bridgehead atoms. The van der Waals surface area contributed by atoms with E-state index < -0.39 is 4.92 Å². The number of hydrazine groups is 1. The van der Waals surface area contributed by atoms with Gasteiger partial charge in [0.1, 0.15) is 11.5 Å². The summed E-state index contributed by atoms with van der Waals surface area (Å²) < 4.78 is 5.65. The molecule has 6 nitrogen and oxygen atoms in total. The van der Waals surface area contributed by atoms with Crippen molar-refractivity contribution in [1.82, 2.24) is 0 Å². The molecule has 0 spiro atoms. The molecule has 0 aliphatic rings. The number of nitrogens with zero attached hydrogens (tertiary/aromatic N) is 1. The standard InChI is InChI=1S/C14H15N3O3/c1-9-3-4-13(5-10(9)2)20-14-7-11(16-15)6-12(8-14)17(18)19/h3-8,16H,15H2,1-2H3. The highest BCUT2D eigenvalue weighted by Gasteiger charge is 2.11. The number of nitrogens with one attached hydrogen (secondary N) is 1. The Bertz CT molecular complexity index is 656. The molecular formula is C14H15N3O3. The predicted octanol–water partition coefficient (Wildman–Crippen LogP) is 3.29. The topological polar surface area (TPSA) is 90.4 Å². The first kappa shape index (κ1) is 13.8. The van der Waals surface area contributed by atoms with Crippen LogP contribution in [-0.4, -0.2) is 4.92 Å². The molecule has 0 saturated carbocycles. The monoisotopic (exact) mass is 273 g/mol. The lowest BCUT2D eigenvalue weighted by atomic mass is 10.1. The van der Waals surface area contributed by atoms with Crippen molar-refractivity contribution in [3.63, 3.8) is 0 Å². The van der Waals surface area contributed by atoms with E-state index in [4.69, 9.17) is 10.6 Å². The second-order valence-electron chi connectivity index (χ2n) is 4.47. The Labute approximate surface area is 116 Å². The third-order valence-corrected chi connectivity index (χ3v) is 2.98. The maximum Gasteiger partial charge on any atom is 0.275 e. The second kappa shape index (κ2) is 5.58. The molecule has 0 atom stereocenters. The van der Waals surface area contributed by atoms with Crippen molar-refractivity contribution >= 4 is 11.4 Å². The van der Waals surface area contributed by atoms with Crippen LogP contribution in [0.4, 0.5) is 11.4 Å². The molecule has 0 aliphatic heterocycles. The molecule has 2 aromatic carbocycles. The largest absolute Gasteiger partial charge is 0.457 e. The first-order valence-electron chi connectivity index (χ1n) is 6.01. The second-order valence-corrected chi connectivity index (χ2v) is 4.47. The van der Waals surface area contributed by atoms with Crippen molar-refractivity contribution in [2.75, 3.05) is 5.43 Å². The molecular weight excluding hydrogens is 258 g/mol. The van der Waals surface area contributed by atoms with Crippen molar-refractivity contribution in [3.8, 4) is 11.5 Å². The highest BCUT2D eigenvalue weighted by Crippen LogP contribution is 2.30. The van der Waals surface area contributed by atoms with E-state index in [1.54, 1.807) is 6.07 Å². The van der Waals surface area contributed by atoms with Crippen LogP contribution < -0.4 is 16.0 Å². The number of nitrogen functional groups attached to an aromatic ring is 1. The van der Waals surface area contributed by atoms with E-state index in [9.17, 15) is 10.1 Å². The SMILES string of the molecule is Cc1ccc(Oc2cc(NN)cc([N+](=O)[O-])c2)cc1C. The summed E-state index contributed by atoms with van der Waals surface area (Å²) in [4.78, 5) is 10.4. The van der Waals surface area contributed by atoms with Gasteiger partial charge in [0.2, 0.25) is 0 Å². The van der Waals surface area contributed by atoms with Crippen LogP contribution in [0, 0.1) is 24.0 Å². The zero-order valence-corrected chi connectivity index (χ0v) is 11.2. The minimum Gasteiger partial charge on any atom is -0.457 e. The van der Waals surface area contributed by atoms with Gasteiger partial charge >= 0.3 is 0 Å². The number of hydrogen-bond donors (Lipinski definition) is 2. The van der Waals surface area contributed by atoms with Crippen LogP contribution in [0.1, 0.15) is 11.1 Å². The van der Waals surface area contributed by atoms with Gasteiger partial charge in [-0.2, -0.15) is 0 Å². The lowest BCUT2D eigenvalue weighted by Gasteiger charge is -2.09. The molecule has 0 amide bonds. The first-order valence-corrected chi connectivity index (χ1v) is 6.01. The minimum absolute atomic E-state index is 0.0840. The summed E-state index contributed by atoms with van der Waals surface area (Å²) >= 11 is 0. The predicted molar refractivity (Wildman–Crippen MR) is 76.9 cm³/mol. The van der Waals surface area contributed by atoms with Gasteiger partial charge in [-0.05, 0) is 37.1 Å². The van der Waals surface area contributed by atoms with Gasteiger partial charge in [0.15, 0.2) is 0 Å². The highest BCUT2D eigenvalue weighted by atomic mass is 16.6. The summed E-state index contributed by atoms with van der Waals surface area (Å²) in [6.45, 7) is 3.98. The Morgan fingerprint density at radius 2 is 1.85 bits per heavy atom. The first-order chi connectivity index (χ1) is 9.49. The number of nitrogens with two attached hydrogens (primary N) is 1. The Morgan fingerprint density at radius 1 is 1.10 bits per heavy atom. The van der Waals surface area contributed by atoms with E-state index in [1.807, 2.05) is 32.0 Å². The highest BCUT2D eigenvalue weighted by molar-refractivity contribution is 5.56. The van der Waals surface area contributed by atoms with Crippen molar-refractivity contribution in [2.45, 2.75) is 13.8 Å². The fourth-order valence-corrected chi connectivity index (χ4v) is 1.74. The van der Waals surface area contributed by atoms with Gasteiger partial charge in [0.25, 0.3) is 5.69 Å². The number of nitro groups is 1. The minimum atomic E-state index is -0.492. The summed E-state index contributed by atoms with van der Waals surface area (Å²) in [6, 6.07) is 9.93. The lowest BCUT2D eigenvalue weighted by Crippen LogP contribution is -2.07. The van der Waals surface area contributed by atoms with Gasteiger partial charge in [0.05, 0.1) is 16.7 Å². The van der Waals surface area contributed by atoms with Gasteiger partial charge in [-0.1, -0.05) is 6.07 Å². The third kappa shape index (κ3) is 3.04. The Kier molecular flexibility index (Phi) is 3.86. The molecule has 2 rings (SSSR count). The lowest BCUT2D eigenvalue weighted by molar-refractivity contribution is -0.384. The van der Waals surface area contributed by atoms with Crippen LogP contribution in [-0.2, 0) is 0 Å². The van der Waals surface area contributed by atoms with Gasteiger partial charge < -0.3 is 10.2 Å². The third-order valence-electron chi connectivity index (χ3n) is 2.98. The van der Waals surface area contributed by atoms with E-state index in [-0.39, 0.29) is 5.69 Å². The smallest absolute Gasteiger partial charge is 0.275 e. The maximum absolute atomic E-state index is 10.9. The summed E-state index contributed by atoms with van der Waals surface area (Å²) in [5.41, 5.74) is 4.96. The fourth-order valence-electron chi connectivity index (χ4n) is 1.74. The molecule has 0 fully saturated rings. The normalized spacial score (nSPS) is 10.2. The van der Waals surface area contributed by atoms with Crippen molar-refractivity contribution < 1.29 is 9.66 Å². The number of aryl methyl sites for hydroxylation is 2. The molecule has 0 radical (unpaired) electrons. The fraction of sp³-hybridized carbons (Fsp3) is 0.143. The molecule has 0 unspecified atom stereocenters. The molecule has 20 heavy (non-hydrogen) atoms. The number of benzene rings is 2. The number of anilines is 1. The molecule has 0 aromatic heterocycles. The van der Waals surface area contributed by atoms with Gasteiger partial charge in [0, 0.05) is 12.1 Å². The van der Waals surface area contributed by atoms with Crippen LogP contribution in [0.3, 0.4) is 0 Å². The van der Waals surface area contributed by atoms with Crippen molar-refractivity contribution in [1.29, 1.82) is 0 Å². The van der Waals surface area contributed by atoms with Crippen molar-refractivity contribution in [2.24, 2.45) is 5.84 Å². The van der Waals surface area contributed by atoms with E-state index >= 15 is 0 Å². The average Bonchev–Trinajstić information content (AvgIpc) is 2.42. The van der Waals surface area contributed by atoms with Crippen LogP contribution in [0.25, 0.3) is 0 Å². The van der Waals surface area contributed by atoms with Crippen LogP contribution >= 0.6 is 0 Å². The summed E-state index contributed by atoms with van der Waals surface area (Å²) in [5.74, 6) is 6.28. The number of hydrogen-bond acceptors (Lipinski definition) is 5. The van der Waals surface area contributed by atoms with E-state index in [0.717, 1.165) is 11.1 Å². The van der Waals surface area contributed by atoms with E-state index in [0.29, 0.717) is 17.2 Å². The van der Waals surface area contributed by atoms with E-state index in [1.165, 1.54) is 12.1 Å². The zero-order valence-electron chi connectivity index (χ0n) is 11.2. The number of nitro benzene ring substituents is 1. The number of ether oxygens (including phenoxy) is 1. The van der Waals surface area contributed by atoms with Crippen LogP contribution in [0.15, 0.2) is 36.4 Å². The van der Waals surface area contributed by atoms with Crippen LogP contribution in [0.2, 0.25) is 0 Å². The molecule has 6 heteroatoms. The van der Waals surface area contributed by atoms with Crippen molar-refractivity contribution in [3.05, 3.63) is 57.6 Å². The molecule has 0 saturated heterocycles. The molecule has 0 heterocycles. The summed E-state index contributed by atoms with van der Waals surface area (Å²) in [7, 11) is 0. The summed E-state index contributed by atoms with van der Waals surface area (Å²) in [6.07, 6.45) is 0. The molecule has 2 aromatic rings. The number of rotatable bonds is 4. The zero-order chi connectivity index (χ0) is 14.7. The number of non-ortho nitro benzene ring substituents is 1. The van der Waals surface area contributed by atoms with Gasteiger partial charge in [-0.25, -0.2) is 0 Å².